The molecule has 2 N–H and O–H groups in total. The van der Waals surface area contributed by atoms with Crippen LogP contribution in [-0.2, 0) is 13.1 Å². The number of aromatic nitrogens is 1. The number of hydrogen-bond donors (Lipinski definition) is 2. The zero-order chi connectivity index (χ0) is 16.6. The van der Waals surface area contributed by atoms with E-state index < -0.39 is 0 Å². The monoisotopic (exact) mass is 336 g/mol. The fourth-order valence-electron chi connectivity index (χ4n) is 2.36. The number of aliphatic imine (C=N–C) groups is 1. The molecule has 3 rings (SSSR count). The molecule has 24 heavy (non-hydrogen) atoms. The van der Waals surface area contributed by atoms with Crippen LogP contribution in [0.3, 0.4) is 0 Å². The maximum atomic E-state index is 4.40. The van der Waals surface area contributed by atoms with Gasteiger partial charge in [0.2, 0.25) is 0 Å². The van der Waals surface area contributed by atoms with Gasteiger partial charge in [0.15, 0.2) is 5.96 Å². The van der Waals surface area contributed by atoms with Gasteiger partial charge in [-0.3, -0.25) is 9.98 Å². The standard InChI is InChI=1S/C19H20N4S/c1-20-19(23-14-17-8-5-11-24-17)22-13-15-6-4-7-16(12-15)18-9-2-3-10-21-18/h2-12H,13-14H2,1H3,(H2,20,22,23). The van der Waals surface area contributed by atoms with Gasteiger partial charge in [-0.25, -0.2) is 0 Å². The molecule has 2 heterocycles. The highest BCUT2D eigenvalue weighted by atomic mass is 32.1. The second-order valence-electron chi connectivity index (χ2n) is 5.27. The van der Waals surface area contributed by atoms with Crippen LogP contribution in [0.2, 0.25) is 0 Å². The summed E-state index contributed by atoms with van der Waals surface area (Å²) in [5.41, 5.74) is 3.30. The van der Waals surface area contributed by atoms with Crippen molar-refractivity contribution in [1.29, 1.82) is 0 Å². The summed E-state index contributed by atoms with van der Waals surface area (Å²) in [5.74, 6) is 0.798. The smallest absolute Gasteiger partial charge is 0.191 e. The lowest BCUT2D eigenvalue weighted by Gasteiger charge is -2.12. The summed E-state index contributed by atoms with van der Waals surface area (Å²) in [4.78, 5) is 9.96. The molecule has 0 fully saturated rings. The van der Waals surface area contributed by atoms with Gasteiger partial charge in [0.05, 0.1) is 12.2 Å². The number of guanidine groups is 1. The second kappa shape index (κ2) is 8.26. The summed E-state index contributed by atoms with van der Waals surface area (Å²) >= 11 is 1.74. The van der Waals surface area contributed by atoms with E-state index in [0.29, 0.717) is 6.54 Å². The maximum absolute atomic E-state index is 4.40. The molecule has 0 saturated heterocycles. The third kappa shape index (κ3) is 4.43. The van der Waals surface area contributed by atoms with Crippen molar-refractivity contribution in [2.75, 3.05) is 7.05 Å². The van der Waals surface area contributed by atoms with Crippen LogP contribution in [0, 0.1) is 0 Å². The van der Waals surface area contributed by atoms with E-state index in [4.69, 9.17) is 0 Å². The van der Waals surface area contributed by atoms with Gasteiger partial charge in [0, 0.05) is 30.2 Å². The quantitative estimate of drug-likeness (QED) is 0.552. The number of hydrogen-bond acceptors (Lipinski definition) is 3. The van der Waals surface area contributed by atoms with Crippen LogP contribution in [0.4, 0.5) is 0 Å². The molecule has 0 saturated carbocycles. The topological polar surface area (TPSA) is 49.3 Å². The van der Waals surface area contributed by atoms with Crippen molar-refractivity contribution in [2.45, 2.75) is 13.1 Å². The molecule has 5 heteroatoms. The number of pyridine rings is 1. The molecule has 0 spiro atoms. The number of rotatable bonds is 5. The molecule has 1 aromatic carbocycles. The van der Waals surface area contributed by atoms with E-state index in [-0.39, 0.29) is 0 Å². The number of thiophene rings is 1. The average molecular weight is 336 g/mol. The zero-order valence-electron chi connectivity index (χ0n) is 13.6. The van der Waals surface area contributed by atoms with Gasteiger partial charge < -0.3 is 10.6 Å². The Balaban J connectivity index is 1.59. The summed E-state index contributed by atoms with van der Waals surface area (Å²) in [5, 5.41) is 8.75. The molecule has 0 aliphatic heterocycles. The van der Waals surface area contributed by atoms with E-state index in [1.807, 2.05) is 24.4 Å². The molecule has 4 nitrogen and oxygen atoms in total. The molecule has 0 aliphatic rings. The highest BCUT2D eigenvalue weighted by Gasteiger charge is 2.02. The van der Waals surface area contributed by atoms with Crippen LogP contribution in [0.15, 0.2) is 71.2 Å². The van der Waals surface area contributed by atoms with Crippen molar-refractivity contribution < 1.29 is 0 Å². The first-order valence-electron chi connectivity index (χ1n) is 7.82. The van der Waals surface area contributed by atoms with Gasteiger partial charge in [0.1, 0.15) is 0 Å². The predicted molar refractivity (Wildman–Crippen MR) is 101 cm³/mol. The number of benzene rings is 1. The molecule has 2 aromatic heterocycles. The summed E-state index contributed by atoms with van der Waals surface area (Å²) in [6, 6.07) is 18.5. The van der Waals surface area contributed by atoms with Gasteiger partial charge in [-0.2, -0.15) is 0 Å². The van der Waals surface area contributed by atoms with Gasteiger partial charge >= 0.3 is 0 Å². The van der Waals surface area contributed by atoms with Crippen molar-refractivity contribution in [3.05, 3.63) is 76.6 Å². The Morgan fingerprint density at radius 3 is 2.71 bits per heavy atom. The minimum absolute atomic E-state index is 0.713. The minimum Gasteiger partial charge on any atom is -0.352 e. The lowest BCUT2D eigenvalue weighted by Crippen LogP contribution is -2.36. The molecule has 0 amide bonds. The Morgan fingerprint density at radius 2 is 1.96 bits per heavy atom. The fraction of sp³-hybridized carbons (Fsp3) is 0.158. The molecular weight excluding hydrogens is 316 g/mol. The average Bonchev–Trinajstić information content (AvgIpc) is 3.16. The Kier molecular flexibility index (Phi) is 5.58. The van der Waals surface area contributed by atoms with E-state index in [1.165, 1.54) is 10.4 Å². The Labute approximate surface area is 146 Å². The highest BCUT2D eigenvalue weighted by Crippen LogP contribution is 2.17. The first-order valence-corrected chi connectivity index (χ1v) is 8.70. The van der Waals surface area contributed by atoms with E-state index in [1.54, 1.807) is 18.4 Å². The van der Waals surface area contributed by atoms with Crippen molar-refractivity contribution in [3.8, 4) is 11.3 Å². The molecule has 0 aliphatic carbocycles. The molecule has 0 unspecified atom stereocenters. The molecule has 122 valence electrons. The summed E-state index contributed by atoms with van der Waals surface area (Å²) in [6.07, 6.45) is 1.82. The first kappa shape index (κ1) is 16.2. The molecule has 3 aromatic rings. The Hall–Kier alpha value is -2.66. The third-order valence-electron chi connectivity index (χ3n) is 3.58. The minimum atomic E-state index is 0.713. The van der Waals surface area contributed by atoms with Crippen molar-refractivity contribution in [3.63, 3.8) is 0 Å². The van der Waals surface area contributed by atoms with E-state index >= 15 is 0 Å². The van der Waals surface area contributed by atoms with Gasteiger partial charge in [-0.05, 0) is 35.2 Å². The van der Waals surface area contributed by atoms with Crippen molar-refractivity contribution in [1.82, 2.24) is 15.6 Å². The highest BCUT2D eigenvalue weighted by molar-refractivity contribution is 7.09. The number of nitrogens with zero attached hydrogens (tertiary/aromatic N) is 2. The Morgan fingerprint density at radius 1 is 1.04 bits per heavy atom. The van der Waals surface area contributed by atoms with Gasteiger partial charge in [-0.1, -0.05) is 30.3 Å². The van der Waals surface area contributed by atoms with Crippen LogP contribution in [-0.4, -0.2) is 18.0 Å². The van der Waals surface area contributed by atoms with E-state index in [9.17, 15) is 0 Å². The SMILES string of the molecule is CN=C(NCc1cccc(-c2ccccn2)c1)NCc1cccs1. The lowest BCUT2D eigenvalue weighted by atomic mass is 10.1. The van der Waals surface area contributed by atoms with Crippen molar-refractivity contribution >= 4 is 17.3 Å². The zero-order valence-corrected chi connectivity index (χ0v) is 14.4. The van der Waals surface area contributed by atoms with Crippen LogP contribution in [0.5, 0.6) is 0 Å². The fourth-order valence-corrected chi connectivity index (χ4v) is 3.01. The molecule has 0 radical (unpaired) electrons. The van der Waals surface area contributed by atoms with Gasteiger partial charge in [0.25, 0.3) is 0 Å². The van der Waals surface area contributed by atoms with Gasteiger partial charge in [-0.15, -0.1) is 11.3 Å². The summed E-state index contributed by atoms with van der Waals surface area (Å²) < 4.78 is 0. The maximum Gasteiger partial charge on any atom is 0.191 e. The predicted octanol–water partition coefficient (Wildman–Crippen LogP) is 3.68. The first-order chi connectivity index (χ1) is 11.8. The third-order valence-corrected chi connectivity index (χ3v) is 4.46. The molecule has 0 atom stereocenters. The van der Waals surface area contributed by atoms with Crippen LogP contribution in [0.25, 0.3) is 11.3 Å². The van der Waals surface area contributed by atoms with Crippen molar-refractivity contribution in [2.24, 2.45) is 4.99 Å². The molecular formula is C19H20N4S. The normalized spacial score (nSPS) is 11.3. The Bertz CT molecular complexity index is 782. The summed E-state index contributed by atoms with van der Waals surface area (Å²) in [6.45, 7) is 1.50. The largest absolute Gasteiger partial charge is 0.352 e. The van der Waals surface area contributed by atoms with Crippen LogP contribution >= 0.6 is 11.3 Å². The number of nitrogens with one attached hydrogen (secondary N) is 2. The van der Waals surface area contributed by atoms with E-state index in [2.05, 4.69) is 62.4 Å². The van der Waals surface area contributed by atoms with Crippen LogP contribution < -0.4 is 10.6 Å². The molecule has 0 bridgehead atoms. The van der Waals surface area contributed by atoms with Crippen LogP contribution in [0.1, 0.15) is 10.4 Å². The second-order valence-corrected chi connectivity index (χ2v) is 6.31. The lowest BCUT2D eigenvalue weighted by molar-refractivity contribution is 0.815. The van der Waals surface area contributed by atoms with E-state index in [0.717, 1.165) is 23.8 Å². The summed E-state index contributed by atoms with van der Waals surface area (Å²) in [7, 11) is 1.79.